The number of nitrogens with two attached hydrogens (primary N) is 1. The number of likely N-dealkylation sites (N-methyl/N-ethyl adjacent to an activating group) is 1. The third-order valence-corrected chi connectivity index (χ3v) is 4.35. The van der Waals surface area contributed by atoms with Crippen molar-refractivity contribution in [3.05, 3.63) is 29.3 Å². The molecule has 0 amide bonds. The number of hydrogen-bond donors (Lipinski definition) is 2. The highest BCUT2D eigenvalue weighted by Gasteiger charge is 2.22. The molecule has 6 heteroatoms. The standard InChI is InChI=1S/C17H27ClN4O/c1-3-22-10-4-5-15(22)12-21-17(19)20-11-13(2)23-16-8-6-14(18)7-9-16/h6-9,13,15H,3-5,10-12H2,1-2H3,(H3,19,20,21). The quantitative estimate of drug-likeness (QED) is 0.592. The van der Waals surface area contributed by atoms with Crippen LogP contribution in [0.1, 0.15) is 26.7 Å². The van der Waals surface area contributed by atoms with E-state index in [1.165, 1.54) is 19.4 Å². The Bertz CT molecular complexity index is 506. The van der Waals surface area contributed by atoms with Crippen molar-refractivity contribution in [2.24, 2.45) is 10.7 Å². The van der Waals surface area contributed by atoms with Gasteiger partial charge in [0.25, 0.3) is 0 Å². The zero-order chi connectivity index (χ0) is 16.7. The molecule has 0 aromatic heterocycles. The molecule has 0 aliphatic carbocycles. The van der Waals surface area contributed by atoms with Crippen molar-refractivity contribution >= 4 is 17.6 Å². The molecule has 2 unspecified atom stereocenters. The molecule has 1 aromatic carbocycles. The Kier molecular flexibility index (Phi) is 6.99. The number of rotatable bonds is 7. The first-order chi connectivity index (χ1) is 11.1. The first-order valence-electron chi connectivity index (χ1n) is 8.28. The average Bonchev–Trinajstić information content (AvgIpc) is 3.00. The Morgan fingerprint density at radius 3 is 2.91 bits per heavy atom. The number of nitrogens with one attached hydrogen (secondary N) is 1. The highest BCUT2D eigenvalue weighted by Crippen LogP contribution is 2.17. The summed E-state index contributed by atoms with van der Waals surface area (Å²) < 4.78 is 5.77. The van der Waals surface area contributed by atoms with Gasteiger partial charge in [0.05, 0.1) is 6.54 Å². The van der Waals surface area contributed by atoms with E-state index in [1.54, 1.807) is 0 Å². The topological polar surface area (TPSA) is 62.9 Å². The van der Waals surface area contributed by atoms with Gasteiger partial charge in [0.2, 0.25) is 0 Å². The Morgan fingerprint density at radius 2 is 2.22 bits per heavy atom. The van der Waals surface area contributed by atoms with Gasteiger partial charge in [-0.1, -0.05) is 18.5 Å². The molecule has 3 N–H and O–H groups in total. The maximum atomic E-state index is 5.95. The van der Waals surface area contributed by atoms with Gasteiger partial charge < -0.3 is 15.8 Å². The van der Waals surface area contributed by atoms with Crippen molar-refractivity contribution in [2.45, 2.75) is 38.8 Å². The minimum Gasteiger partial charge on any atom is -0.489 e. The van der Waals surface area contributed by atoms with Crippen molar-refractivity contribution in [1.29, 1.82) is 0 Å². The summed E-state index contributed by atoms with van der Waals surface area (Å²) >= 11 is 5.85. The lowest BCUT2D eigenvalue weighted by molar-refractivity contribution is 0.230. The molecular weight excluding hydrogens is 312 g/mol. The van der Waals surface area contributed by atoms with Gasteiger partial charge in [-0.15, -0.1) is 0 Å². The van der Waals surface area contributed by atoms with E-state index in [9.17, 15) is 0 Å². The second-order valence-electron chi connectivity index (χ2n) is 5.91. The number of aliphatic imine (C=N–C) groups is 1. The molecule has 0 bridgehead atoms. The lowest BCUT2D eigenvalue weighted by Crippen LogP contribution is -2.43. The van der Waals surface area contributed by atoms with Crippen LogP contribution in [0, 0.1) is 0 Å². The normalized spacial score (nSPS) is 20.5. The van der Waals surface area contributed by atoms with Gasteiger partial charge in [0, 0.05) is 17.6 Å². The van der Waals surface area contributed by atoms with Gasteiger partial charge in [-0.3, -0.25) is 4.90 Å². The van der Waals surface area contributed by atoms with Crippen LogP contribution in [0.25, 0.3) is 0 Å². The van der Waals surface area contributed by atoms with Crippen molar-refractivity contribution in [3.8, 4) is 5.75 Å². The van der Waals surface area contributed by atoms with Crippen LogP contribution in [0.15, 0.2) is 29.3 Å². The second-order valence-corrected chi connectivity index (χ2v) is 6.35. The van der Waals surface area contributed by atoms with E-state index in [-0.39, 0.29) is 6.10 Å². The van der Waals surface area contributed by atoms with Gasteiger partial charge in [-0.05, 0) is 57.1 Å². The first-order valence-corrected chi connectivity index (χ1v) is 8.66. The second kappa shape index (κ2) is 8.99. The van der Waals surface area contributed by atoms with Crippen LogP contribution in [-0.2, 0) is 0 Å². The van der Waals surface area contributed by atoms with Crippen molar-refractivity contribution < 1.29 is 4.74 Å². The van der Waals surface area contributed by atoms with E-state index < -0.39 is 0 Å². The van der Waals surface area contributed by atoms with Crippen LogP contribution in [0.5, 0.6) is 5.75 Å². The average molecular weight is 339 g/mol. The van der Waals surface area contributed by atoms with Gasteiger partial charge >= 0.3 is 0 Å². The van der Waals surface area contributed by atoms with Crippen LogP contribution >= 0.6 is 11.6 Å². The Balaban J connectivity index is 1.72. The van der Waals surface area contributed by atoms with Gasteiger partial charge in [-0.2, -0.15) is 0 Å². The van der Waals surface area contributed by atoms with Gasteiger partial charge in [0.1, 0.15) is 11.9 Å². The molecular formula is C17H27ClN4O. The summed E-state index contributed by atoms with van der Waals surface area (Å²) in [5.41, 5.74) is 5.95. The van der Waals surface area contributed by atoms with Gasteiger partial charge in [-0.25, -0.2) is 4.99 Å². The van der Waals surface area contributed by atoms with E-state index in [0.29, 0.717) is 23.6 Å². The predicted octanol–water partition coefficient (Wildman–Crippen LogP) is 2.50. The molecule has 23 heavy (non-hydrogen) atoms. The highest BCUT2D eigenvalue weighted by molar-refractivity contribution is 6.30. The van der Waals surface area contributed by atoms with E-state index in [1.807, 2.05) is 31.2 Å². The fourth-order valence-corrected chi connectivity index (χ4v) is 2.96. The fourth-order valence-electron chi connectivity index (χ4n) is 2.83. The minimum atomic E-state index is -0.0462. The summed E-state index contributed by atoms with van der Waals surface area (Å²) in [7, 11) is 0. The third-order valence-electron chi connectivity index (χ3n) is 4.09. The van der Waals surface area contributed by atoms with Crippen LogP contribution in [0.4, 0.5) is 0 Å². The first kappa shape index (κ1) is 17.9. The highest BCUT2D eigenvalue weighted by atomic mass is 35.5. The molecule has 1 aliphatic rings. The van der Waals surface area contributed by atoms with E-state index in [4.69, 9.17) is 22.1 Å². The van der Waals surface area contributed by atoms with Crippen molar-refractivity contribution in [1.82, 2.24) is 10.2 Å². The summed E-state index contributed by atoms with van der Waals surface area (Å²) in [5.74, 6) is 1.27. The van der Waals surface area contributed by atoms with Crippen molar-refractivity contribution in [3.63, 3.8) is 0 Å². The number of guanidine groups is 1. The summed E-state index contributed by atoms with van der Waals surface area (Å²) in [5, 5.41) is 3.93. The molecule has 128 valence electrons. The Hall–Kier alpha value is -1.46. The summed E-state index contributed by atoms with van der Waals surface area (Å²) in [6.07, 6.45) is 2.45. The zero-order valence-electron chi connectivity index (χ0n) is 14.0. The smallest absolute Gasteiger partial charge is 0.188 e. The molecule has 2 atom stereocenters. The zero-order valence-corrected chi connectivity index (χ0v) is 14.7. The van der Waals surface area contributed by atoms with Crippen LogP contribution in [0.2, 0.25) is 5.02 Å². The maximum absolute atomic E-state index is 5.95. The molecule has 2 rings (SSSR count). The van der Waals surface area contributed by atoms with Crippen LogP contribution < -0.4 is 15.8 Å². The maximum Gasteiger partial charge on any atom is 0.188 e. The molecule has 1 aliphatic heterocycles. The monoisotopic (exact) mass is 338 g/mol. The number of benzene rings is 1. The van der Waals surface area contributed by atoms with Crippen LogP contribution in [-0.4, -0.2) is 49.2 Å². The summed E-state index contributed by atoms with van der Waals surface area (Å²) in [4.78, 5) is 6.84. The molecule has 0 radical (unpaired) electrons. The SMILES string of the molecule is CCN1CCCC1CNC(N)=NCC(C)Oc1ccc(Cl)cc1. The molecule has 1 aromatic rings. The number of ether oxygens (including phenoxy) is 1. The third kappa shape index (κ3) is 5.92. The van der Waals surface area contributed by atoms with E-state index in [0.717, 1.165) is 18.8 Å². The number of likely N-dealkylation sites (tertiary alicyclic amines) is 1. The Morgan fingerprint density at radius 1 is 1.48 bits per heavy atom. The predicted molar refractivity (Wildman–Crippen MR) is 96.3 cm³/mol. The molecule has 0 spiro atoms. The molecule has 1 heterocycles. The van der Waals surface area contributed by atoms with E-state index in [2.05, 4.69) is 22.1 Å². The van der Waals surface area contributed by atoms with Crippen LogP contribution in [0.3, 0.4) is 0 Å². The number of halogens is 1. The lowest BCUT2D eigenvalue weighted by Gasteiger charge is -2.23. The summed E-state index contributed by atoms with van der Waals surface area (Å²) in [6, 6.07) is 7.89. The molecule has 1 saturated heterocycles. The molecule has 1 fully saturated rings. The number of nitrogens with zero attached hydrogens (tertiary/aromatic N) is 2. The largest absolute Gasteiger partial charge is 0.489 e. The number of hydrogen-bond acceptors (Lipinski definition) is 3. The lowest BCUT2D eigenvalue weighted by atomic mass is 10.2. The minimum absolute atomic E-state index is 0.0462. The molecule has 5 nitrogen and oxygen atoms in total. The summed E-state index contributed by atoms with van der Waals surface area (Å²) in [6.45, 7) is 7.83. The Labute approximate surface area is 143 Å². The van der Waals surface area contributed by atoms with Gasteiger partial charge in [0.15, 0.2) is 5.96 Å². The van der Waals surface area contributed by atoms with Crippen molar-refractivity contribution in [2.75, 3.05) is 26.2 Å². The molecule has 0 saturated carbocycles. The van der Waals surface area contributed by atoms with E-state index >= 15 is 0 Å². The fraction of sp³-hybridized carbons (Fsp3) is 0.588.